The number of rotatable bonds is 5. The van der Waals surface area contributed by atoms with Gasteiger partial charge in [-0.3, -0.25) is 4.90 Å². The average molecular weight is 427 g/mol. The van der Waals surface area contributed by atoms with E-state index in [-0.39, 0.29) is 12.4 Å². The number of nitrogens with zero attached hydrogens (tertiary/aromatic N) is 1. The van der Waals surface area contributed by atoms with Crippen LogP contribution in [0.5, 0.6) is 11.5 Å². The first-order chi connectivity index (χ1) is 9.67. The van der Waals surface area contributed by atoms with E-state index in [2.05, 4.69) is 44.9 Å². The fraction of sp³-hybridized carbons (Fsp3) is 0.600. The second-order valence-electron chi connectivity index (χ2n) is 5.18. The van der Waals surface area contributed by atoms with E-state index in [1.54, 1.807) is 14.2 Å². The van der Waals surface area contributed by atoms with Gasteiger partial charge in [-0.25, -0.2) is 0 Å². The lowest BCUT2D eigenvalue weighted by molar-refractivity contribution is 0.187. The normalized spacial score (nSPS) is 19.0. The van der Waals surface area contributed by atoms with E-state index >= 15 is 0 Å². The summed E-state index contributed by atoms with van der Waals surface area (Å²) in [6.45, 7) is 3.25. The van der Waals surface area contributed by atoms with Crippen LogP contribution in [0.3, 0.4) is 0 Å². The van der Waals surface area contributed by atoms with Gasteiger partial charge in [0, 0.05) is 19.1 Å². The Balaban J connectivity index is 0.00000220. The van der Waals surface area contributed by atoms with Crippen molar-refractivity contribution in [3.63, 3.8) is 0 Å². The molecule has 0 amide bonds. The molecule has 1 aliphatic heterocycles. The monoisotopic (exact) mass is 426 g/mol. The number of methoxy groups -OCH3 is 2. The number of nitrogens with one attached hydrogen (secondary N) is 1. The number of likely N-dealkylation sites (N-methyl/N-ethyl adjacent to an activating group) is 1. The van der Waals surface area contributed by atoms with Gasteiger partial charge in [0.15, 0.2) is 11.5 Å². The molecular weight excluding hydrogens is 403 g/mol. The third-order valence-corrected chi connectivity index (χ3v) is 4.61. The van der Waals surface area contributed by atoms with E-state index in [4.69, 9.17) is 9.47 Å². The summed E-state index contributed by atoms with van der Waals surface area (Å²) in [5.74, 6) is 1.64. The Morgan fingerprint density at radius 3 is 2.71 bits per heavy atom. The number of piperidine rings is 1. The third-order valence-electron chi connectivity index (χ3n) is 3.81. The Morgan fingerprint density at radius 2 is 2.10 bits per heavy atom. The lowest BCUT2D eigenvalue weighted by Crippen LogP contribution is -2.43. The summed E-state index contributed by atoms with van der Waals surface area (Å²) in [7, 11) is 5.42. The highest BCUT2D eigenvalue weighted by atomic mass is 127. The van der Waals surface area contributed by atoms with Crippen LogP contribution in [0, 0.1) is 3.57 Å². The van der Waals surface area contributed by atoms with Crippen molar-refractivity contribution in [2.75, 3.05) is 34.4 Å². The van der Waals surface area contributed by atoms with Crippen molar-refractivity contribution < 1.29 is 9.47 Å². The van der Waals surface area contributed by atoms with Crippen LogP contribution < -0.4 is 14.8 Å². The summed E-state index contributed by atoms with van der Waals surface area (Å²) in [6, 6.07) is 4.89. The average Bonchev–Trinajstić information content (AvgIpc) is 2.46. The molecule has 1 fully saturated rings. The summed E-state index contributed by atoms with van der Waals surface area (Å²) in [6.07, 6.45) is 2.53. The number of likely N-dealkylation sites (tertiary alicyclic amines) is 1. The molecule has 21 heavy (non-hydrogen) atoms. The molecule has 0 aliphatic carbocycles. The predicted molar refractivity (Wildman–Crippen MR) is 96.9 cm³/mol. The van der Waals surface area contributed by atoms with E-state index in [0.717, 1.165) is 28.2 Å². The van der Waals surface area contributed by atoms with Crippen molar-refractivity contribution in [2.24, 2.45) is 0 Å². The zero-order valence-electron chi connectivity index (χ0n) is 12.8. The van der Waals surface area contributed by atoms with Crippen LogP contribution in [0.15, 0.2) is 12.1 Å². The topological polar surface area (TPSA) is 33.7 Å². The van der Waals surface area contributed by atoms with Gasteiger partial charge in [-0.2, -0.15) is 0 Å². The largest absolute Gasteiger partial charge is 0.493 e. The Morgan fingerprint density at radius 1 is 1.33 bits per heavy atom. The highest BCUT2D eigenvalue weighted by Crippen LogP contribution is 2.34. The van der Waals surface area contributed by atoms with Crippen LogP contribution in [0.4, 0.5) is 0 Å². The van der Waals surface area contributed by atoms with Gasteiger partial charge in [-0.1, -0.05) is 0 Å². The summed E-state index contributed by atoms with van der Waals surface area (Å²) in [4.78, 5) is 2.50. The molecule has 1 atom stereocenters. The molecule has 0 spiro atoms. The first-order valence-corrected chi connectivity index (χ1v) is 8.05. The Kier molecular flexibility index (Phi) is 8.08. The highest BCUT2D eigenvalue weighted by Gasteiger charge is 2.19. The maximum Gasteiger partial charge on any atom is 0.174 e. The molecule has 0 aromatic heterocycles. The van der Waals surface area contributed by atoms with Gasteiger partial charge in [0.1, 0.15) is 0 Å². The van der Waals surface area contributed by atoms with E-state index in [9.17, 15) is 0 Å². The zero-order valence-corrected chi connectivity index (χ0v) is 15.8. The van der Waals surface area contributed by atoms with E-state index < -0.39 is 0 Å². The van der Waals surface area contributed by atoms with Gasteiger partial charge < -0.3 is 14.8 Å². The molecule has 1 N–H and O–H groups in total. The Hall–Kier alpha value is -0.240. The SMILES string of the molecule is CNC1CCCN(Cc2cc(I)c(OC)c(OC)c2)C1.Cl. The summed E-state index contributed by atoms with van der Waals surface area (Å²) in [5, 5.41) is 3.38. The Bertz CT molecular complexity index is 460. The highest BCUT2D eigenvalue weighted by molar-refractivity contribution is 14.1. The van der Waals surface area contributed by atoms with Crippen molar-refractivity contribution in [1.82, 2.24) is 10.2 Å². The summed E-state index contributed by atoms with van der Waals surface area (Å²) >= 11 is 2.30. The number of hydrogen-bond acceptors (Lipinski definition) is 4. The predicted octanol–water partition coefficient (Wildman–Crippen LogP) is 2.91. The van der Waals surface area contributed by atoms with Gasteiger partial charge in [-0.15, -0.1) is 12.4 Å². The van der Waals surface area contributed by atoms with E-state index in [1.807, 2.05) is 7.05 Å². The summed E-state index contributed by atoms with van der Waals surface area (Å²) in [5.41, 5.74) is 1.28. The molecular formula is C15H24ClIN2O2. The molecule has 1 heterocycles. The van der Waals surface area contributed by atoms with Crippen molar-refractivity contribution in [2.45, 2.75) is 25.4 Å². The standard InChI is InChI=1S/C15H23IN2O2.ClH/c1-17-12-5-4-6-18(10-12)9-11-7-13(16)15(20-3)14(8-11)19-2;/h7-8,12,17H,4-6,9-10H2,1-3H3;1H. The second-order valence-corrected chi connectivity index (χ2v) is 6.34. The number of ether oxygens (including phenoxy) is 2. The van der Waals surface area contributed by atoms with Crippen molar-refractivity contribution in [3.8, 4) is 11.5 Å². The third kappa shape index (κ3) is 4.87. The molecule has 6 heteroatoms. The van der Waals surface area contributed by atoms with Crippen LogP contribution in [-0.2, 0) is 6.54 Å². The molecule has 1 aliphatic rings. The van der Waals surface area contributed by atoms with Crippen LogP contribution in [0.2, 0.25) is 0 Å². The van der Waals surface area contributed by atoms with E-state index in [0.29, 0.717) is 6.04 Å². The Labute approximate surface area is 147 Å². The minimum absolute atomic E-state index is 0. The van der Waals surface area contributed by atoms with Gasteiger partial charge in [0.2, 0.25) is 0 Å². The lowest BCUT2D eigenvalue weighted by atomic mass is 10.0. The molecule has 0 saturated carbocycles. The zero-order chi connectivity index (χ0) is 14.5. The van der Waals surface area contributed by atoms with Crippen LogP contribution in [0.1, 0.15) is 18.4 Å². The maximum atomic E-state index is 5.43. The molecule has 1 unspecified atom stereocenters. The number of hydrogen-bond donors (Lipinski definition) is 1. The number of benzene rings is 1. The lowest BCUT2D eigenvalue weighted by Gasteiger charge is -2.32. The second kappa shape index (κ2) is 9.02. The first-order valence-electron chi connectivity index (χ1n) is 6.98. The fourth-order valence-corrected chi connectivity index (χ4v) is 3.64. The van der Waals surface area contributed by atoms with Gasteiger partial charge in [0.25, 0.3) is 0 Å². The molecule has 120 valence electrons. The minimum Gasteiger partial charge on any atom is -0.493 e. The van der Waals surface area contributed by atoms with Crippen molar-refractivity contribution in [3.05, 3.63) is 21.3 Å². The number of halogens is 2. The van der Waals surface area contributed by atoms with Crippen molar-refractivity contribution in [1.29, 1.82) is 0 Å². The molecule has 4 nitrogen and oxygen atoms in total. The smallest absolute Gasteiger partial charge is 0.174 e. The molecule has 0 bridgehead atoms. The van der Waals surface area contributed by atoms with E-state index in [1.165, 1.54) is 24.9 Å². The van der Waals surface area contributed by atoms with Crippen LogP contribution >= 0.6 is 35.0 Å². The molecule has 1 saturated heterocycles. The molecule has 1 aromatic rings. The van der Waals surface area contributed by atoms with Gasteiger partial charge in [-0.05, 0) is 66.7 Å². The van der Waals surface area contributed by atoms with Crippen LogP contribution in [0.25, 0.3) is 0 Å². The molecule has 2 rings (SSSR count). The maximum absolute atomic E-state index is 5.43. The fourth-order valence-electron chi connectivity index (χ4n) is 2.76. The van der Waals surface area contributed by atoms with Gasteiger partial charge in [0.05, 0.1) is 17.8 Å². The minimum atomic E-state index is 0. The van der Waals surface area contributed by atoms with Gasteiger partial charge >= 0.3 is 0 Å². The molecule has 0 radical (unpaired) electrons. The quantitative estimate of drug-likeness (QED) is 0.734. The van der Waals surface area contributed by atoms with Crippen molar-refractivity contribution >= 4 is 35.0 Å². The summed E-state index contributed by atoms with van der Waals surface area (Å²) < 4.78 is 11.9. The van der Waals surface area contributed by atoms with Crippen LogP contribution in [-0.4, -0.2) is 45.3 Å². The molecule has 1 aromatic carbocycles. The first kappa shape index (κ1) is 18.8.